The number of aromatic amines is 1. The van der Waals surface area contributed by atoms with Crippen LogP contribution in [0.4, 0.5) is 0 Å². The third-order valence-corrected chi connectivity index (χ3v) is 6.82. The number of primary amides is 1. The number of benzene rings is 1. The number of carbonyl (C=O) groups excluding carboxylic acids is 4. The van der Waals surface area contributed by atoms with Gasteiger partial charge in [-0.1, -0.05) is 44.0 Å². The van der Waals surface area contributed by atoms with Gasteiger partial charge in [-0.25, -0.2) is 4.79 Å². The van der Waals surface area contributed by atoms with Crippen molar-refractivity contribution in [3.05, 3.63) is 33.4 Å². The molecule has 1 aromatic carbocycles. The standard InChI is InChI=1S/C25H32Cl2N4O5/c1-25(2,3)11-14(18-19-15(27)9-13(26)10-16(19)30-20(18)21(28)32)23(34)31-17(24(35)36-4)8-12-6-5-7-29-22(12)33/h9-10,12,14,17,30H,5-8,11H2,1-4H3,(H2,28,32)(H,29,33)(H,31,34)/t12-,14-,17-/m0/s1. The van der Waals surface area contributed by atoms with Gasteiger partial charge in [-0.05, 0) is 43.2 Å². The molecule has 5 N–H and O–H groups in total. The van der Waals surface area contributed by atoms with Gasteiger partial charge in [-0.15, -0.1) is 0 Å². The van der Waals surface area contributed by atoms with E-state index in [0.717, 1.165) is 6.42 Å². The molecule has 1 fully saturated rings. The highest BCUT2D eigenvalue weighted by atomic mass is 35.5. The Balaban J connectivity index is 2.06. The summed E-state index contributed by atoms with van der Waals surface area (Å²) < 4.78 is 4.92. The molecule has 3 rings (SSSR count). The summed E-state index contributed by atoms with van der Waals surface area (Å²) in [5.41, 5.74) is 6.17. The van der Waals surface area contributed by atoms with Gasteiger partial charge in [0, 0.05) is 34.0 Å². The summed E-state index contributed by atoms with van der Waals surface area (Å²) in [7, 11) is 1.23. The van der Waals surface area contributed by atoms with Crippen LogP contribution in [0, 0.1) is 11.3 Å². The van der Waals surface area contributed by atoms with Crippen LogP contribution in [-0.2, 0) is 19.1 Å². The maximum atomic E-state index is 13.8. The third kappa shape index (κ3) is 6.31. The number of carbonyl (C=O) groups is 4. The van der Waals surface area contributed by atoms with Crippen LogP contribution in [0.15, 0.2) is 12.1 Å². The number of fused-ring (bicyclic) bond motifs is 1. The first-order chi connectivity index (χ1) is 16.8. The molecule has 11 heteroatoms. The predicted octanol–water partition coefficient (Wildman–Crippen LogP) is 3.67. The van der Waals surface area contributed by atoms with E-state index < -0.39 is 35.7 Å². The van der Waals surface area contributed by atoms with Crippen molar-refractivity contribution in [2.75, 3.05) is 13.7 Å². The number of hydrogen-bond donors (Lipinski definition) is 4. The number of methoxy groups -OCH3 is 1. The SMILES string of the molecule is COC(=O)[C@H](C[C@@H]1CCCNC1=O)NC(=O)[C@@H](CC(C)(C)C)c1c(C(N)=O)[nH]c2cc(Cl)cc(Cl)c12. The van der Waals surface area contributed by atoms with Crippen LogP contribution in [0.3, 0.4) is 0 Å². The summed E-state index contributed by atoms with van der Waals surface area (Å²) in [6.07, 6.45) is 1.79. The van der Waals surface area contributed by atoms with Gasteiger partial charge in [0.05, 0.1) is 18.1 Å². The van der Waals surface area contributed by atoms with Gasteiger partial charge in [-0.2, -0.15) is 0 Å². The van der Waals surface area contributed by atoms with Gasteiger partial charge < -0.3 is 26.1 Å². The van der Waals surface area contributed by atoms with Crippen LogP contribution in [0.25, 0.3) is 10.9 Å². The number of hydrogen-bond acceptors (Lipinski definition) is 5. The number of nitrogens with one attached hydrogen (secondary N) is 3. The van der Waals surface area contributed by atoms with Crippen molar-refractivity contribution < 1.29 is 23.9 Å². The number of nitrogens with two attached hydrogens (primary N) is 1. The Morgan fingerprint density at radius 1 is 1.25 bits per heavy atom. The second-order valence-electron chi connectivity index (χ2n) is 10.4. The van der Waals surface area contributed by atoms with Crippen molar-refractivity contribution in [1.29, 1.82) is 0 Å². The molecule has 0 saturated carbocycles. The zero-order valence-electron chi connectivity index (χ0n) is 20.8. The first kappa shape index (κ1) is 27.8. The molecule has 2 heterocycles. The second kappa shape index (κ2) is 11.1. The summed E-state index contributed by atoms with van der Waals surface area (Å²) in [5, 5.41) is 6.64. The molecule has 196 valence electrons. The van der Waals surface area contributed by atoms with Gasteiger partial charge in [0.25, 0.3) is 5.91 Å². The molecule has 1 aliphatic heterocycles. The minimum absolute atomic E-state index is 0.0415. The Bertz CT molecular complexity index is 1190. The van der Waals surface area contributed by atoms with Crippen molar-refractivity contribution in [1.82, 2.24) is 15.6 Å². The third-order valence-electron chi connectivity index (χ3n) is 6.30. The number of H-pyrrole nitrogens is 1. The smallest absolute Gasteiger partial charge is 0.328 e. The Morgan fingerprint density at radius 3 is 2.53 bits per heavy atom. The van der Waals surface area contributed by atoms with Gasteiger partial charge in [0.2, 0.25) is 11.8 Å². The summed E-state index contributed by atoms with van der Waals surface area (Å²) >= 11 is 12.7. The van der Waals surface area contributed by atoms with E-state index in [9.17, 15) is 19.2 Å². The van der Waals surface area contributed by atoms with Crippen LogP contribution < -0.4 is 16.4 Å². The zero-order chi connectivity index (χ0) is 26.8. The van der Waals surface area contributed by atoms with E-state index in [1.54, 1.807) is 6.07 Å². The molecule has 2 aromatic rings. The highest BCUT2D eigenvalue weighted by molar-refractivity contribution is 6.39. The summed E-state index contributed by atoms with van der Waals surface area (Å²) in [6.45, 7) is 6.44. The number of rotatable bonds is 8. The van der Waals surface area contributed by atoms with Crippen molar-refractivity contribution in [3.8, 4) is 0 Å². The summed E-state index contributed by atoms with van der Waals surface area (Å²) in [5.74, 6) is -3.42. The molecule has 0 aliphatic carbocycles. The maximum Gasteiger partial charge on any atom is 0.328 e. The summed E-state index contributed by atoms with van der Waals surface area (Å²) in [4.78, 5) is 54.1. The number of esters is 1. The predicted molar refractivity (Wildman–Crippen MR) is 138 cm³/mol. The Labute approximate surface area is 219 Å². The van der Waals surface area contributed by atoms with Crippen LogP contribution in [0.1, 0.15) is 68.4 Å². The molecule has 3 atom stereocenters. The summed E-state index contributed by atoms with van der Waals surface area (Å²) in [6, 6.07) is 2.08. The van der Waals surface area contributed by atoms with Crippen LogP contribution in [0.2, 0.25) is 10.0 Å². The topological polar surface area (TPSA) is 143 Å². The average molecular weight is 539 g/mol. The normalized spacial score (nSPS) is 17.8. The molecule has 1 saturated heterocycles. The van der Waals surface area contributed by atoms with E-state index in [4.69, 9.17) is 33.7 Å². The molecule has 9 nitrogen and oxygen atoms in total. The Hall–Kier alpha value is -2.78. The molecular weight excluding hydrogens is 507 g/mol. The highest BCUT2D eigenvalue weighted by Gasteiger charge is 2.37. The quantitative estimate of drug-likeness (QED) is 0.379. The van der Waals surface area contributed by atoms with E-state index in [0.29, 0.717) is 40.9 Å². The maximum absolute atomic E-state index is 13.8. The lowest BCUT2D eigenvalue weighted by Crippen LogP contribution is -2.48. The lowest BCUT2D eigenvalue weighted by Gasteiger charge is -2.29. The molecule has 0 spiro atoms. The Kier molecular flexibility index (Phi) is 8.56. The molecule has 3 amide bonds. The lowest BCUT2D eigenvalue weighted by atomic mass is 9.79. The van der Waals surface area contributed by atoms with E-state index >= 15 is 0 Å². The lowest BCUT2D eigenvalue weighted by molar-refractivity contribution is -0.146. The monoisotopic (exact) mass is 538 g/mol. The van der Waals surface area contributed by atoms with Crippen molar-refractivity contribution in [2.24, 2.45) is 17.1 Å². The average Bonchev–Trinajstić information content (AvgIpc) is 3.17. The number of ether oxygens (including phenoxy) is 1. The van der Waals surface area contributed by atoms with E-state index in [2.05, 4.69) is 15.6 Å². The molecular formula is C25H32Cl2N4O5. The fourth-order valence-electron chi connectivity index (χ4n) is 4.73. The first-order valence-electron chi connectivity index (χ1n) is 11.8. The van der Waals surface area contributed by atoms with E-state index in [1.807, 2.05) is 20.8 Å². The second-order valence-corrected chi connectivity index (χ2v) is 11.2. The molecule has 0 bridgehead atoms. The minimum atomic E-state index is -1.05. The van der Waals surface area contributed by atoms with Gasteiger partial charge in [0.15, 0.2) is 0 Å². The fourth-order valence-corrected chi connectivity index (χ4v) is 5.32. The number of halogens is 2. The van der Waals surface area contributed by atoms with E-state index in [1.165, 1.54) is 13.2 Å². The minimum Gasteiger partial charge on any atom is -0.467 e. The van der Waals surface area contributed by atoms with E-state index in [-0.39, 0.29) is 28.5 Å². The number of aromatic nitrogens is 1. The Morgan fingerprint density at radius 2 is 1.94 bits per heavy atom. The molecule has 1 aliphatic rings. The molecule has 0 radical (unpaired) electrons. The molecule has 0 unspecified atom stereocenters. The van der Waals surface area contributed by atoms with Crippen molar-refractivity contribution >= 4 is 57.8 Å². The van der Waals surface area contributed by atoms with Crippen LogP contribution in [0.5, 0.6) is 0 Å². The van der Waals surface area contributed by atoms with Gasteiger partial charge in [0.1, 0.15) is 11.7 Å². The zero-order valence-corrected chi connectivity index (χ0v) is 22.3. The largest absolute Gasteiger partial charge is 0.467 e. The number of amides is 3. The molecule has 1 aromatic heterocycles. The highest BCUT2D eigenvalue weighted by Crippen LogP contribution is 2.41. The fraction of sp³-hybridized carbons (Fsp3) is 0.520. The van der Waals surface area contributed by atoms with Crippen molar-refractivity contribution in [3.63, 3.8) is 0 Å². The first-order valence-corrected chi connectivity index (χ1v) is 12.5. The van der Waals surface area contributed by atoms with Gasteiger partial charge in [-0.3, -0.25) is 14.4 Å². The number of piperidine rings is 1. The van der Waals surface area contributed by atoms with Crippen LogP contribution >= 0.6 is 23.2 Å². The van der Waals surface area contributed by atoms with Crippen molar-refractivity contribution in [2.45, 2.75) is 58.4 Å². The molecule has 36 heavy (non-hydrogen) atoms. The van der Waals surface area contributed by atoms with Crippen LogP contribution in [-0.4, -0.2) is 48.4 Å². The van der Waals surface area contributed by atoms with Gasteiger partial charge >= 0.3 is 5.97 Å².